The second-order valence-electron chi connectivity index (χ2n) is 6.60. The van der Waals surface area contributed by atoms with E-state index >= 15 is 0 Å². The predicted octanol–water partition coefficient (Wildman–Crippen LogP) is 3.67. The van der Waals surface area contributed by atoms with Crippen LogP contribution in [0.3, 0.4) is 0 Å². The van der Waals surface area contributed by atoms with E-state index in [4.69, 9.17) is 12.2 Å². The molecule has 1 N–H and O–H groups in total. The van der Waals surface area contributed by atoms with Gasteiger partial charge >= 0.3 is 0 Å². The molecule has 1 aliphatic rings. The fourth-order valence-corrected chi connectivity index (χ4v) is 4.01. The van der Waals surface area contributed by atoms with Crippen molar-refractivity contribution >= 4 is 34.7 Å². The molecular weight excluding hydrogens is 346 g/mol. The highest BCUT2D eigenvalue weighted by Crippen LogP contribution is 2.33. The summed E-state index contributed by atoms with van der Waals surface area (Å²) in [6.07, 6.45) is 0.846. The first-order chi connectivity index (χ1) is 12.5. The molecule has 5 nitrogen and oxygen atoms in total. The Hall–Kier alpha value is -2.73. The summed E-state index contributed by atoms with van der Waals surface area (Å²) in [7, 11) is 0. The predicted molar refractivity (Wildman–Crippen MR) is 105 cm³/mol. The Morgan fingerprint density at radius 1 is 1.27 bits per heavy atom. The Morgan fingerprint density at radius 3 is 2.81 bits per heavy atom. The van der Waals surface area contributed by atoms with Gasteiger partial charge in [0.15, 0.2) is 4.77 Å². The number of hydrogen-bond acceptors (Lipinski definition) is 3. The Morgan fingerprint density at radius 2 is 2.04 bits per heavy atom. The van der Waals surface area contributed by atoms with Gasteiger partial charge in [-0.1, -0.05) is 18.2 Å². The zero-order valence-electron chi connectivity index (χ0n) is 14.7. The van der Waals surface area contributed by atoms with Crippen LogP contribution in [0.15, 0.2) is 47.3 Å². The van der Waals surface area contributed by atoms with Crippen molar-refractivity contribution in [3.63, 3.8) is 0 Å². The van der Waals surface area contributed by atoms with Crippen LogP contribution in [0.5, 0.6) is 0 Å². The molecule has 0 radical (unpaired) electrons. The first-order valence-corrected chi connectivity index (χ1v) is 9.10. The first kappa shape index (κ1) is 16.7. The smallest absolute Gasteiger partial charge is 0.262 e. The molecule has 1 aromatic heterocycles. The molecule has 1 unspecified atom stereocenters. The van der Waals surface area contributed by atoms with Crippen molar-refractivity contribution in [1.82, 2.24) is 9.55 Å². The van der Waals surface area contributed by atoms with E-state index < -0.39 is 0 Å². The van der Waals surface area contributed by atoms with Crippen molar-refractivity contribution in [2.24, 2.45) is 0 Å². The molecule has 132 valence electrons. The molecule has 3 aromatic rings. The number of aromatic nitrogens is 2. The Kier molecular flexibility index (Phi) is 4.00. The highest BCUT2D eigenvalue weighted by atomic mass is 32.1. The van der Waals surface area contributed by atoms with Crippen LogP contribution in [-0.2, 0) is 13.0 Å². The highest BCUT2D eigenvalue weighted by molar-refractivity contribution is 7.71. The lowest BCUT2D eigenvalue weighted by Gasteiger charge is -2.23. The van der Waals surface area contributed by atoms with Gasteiger partial charge in [-0.15, -0.1) is 0 Å². The molecule has 4 rings (SSSR count). The van der Waals surface area contributed by atoms with E-state index in [-0.39, 0.29) is 17.5 Å². The van der Waals surface area contributed by atoms with Gasteiger partial charge in [0, 0.05) is 23.8 Å². The zero-order chi connectivity index (χ0) is 18.4. The molecule has 0 aliphatic carbocycles. The van der Waals surface area contributed by atoms with Gasteiger partial charge in [-0.25, -0.2) is 0 Å². The first-order valence-electron chi connectivity index (χ1n) is 8.69. The van der Waals surface area contributed by atoms with Crippen LogP contribution in [0.2, 0.25) is 0 Å². The number of nitrogens with zero attached hydrogens (tertiary/aromatic N) is 2. The quantitative estimate of drug-likeness (QED) is 0.705. The van der Waals surface area contributed by atoms with Crippen molar-refractivity contribution in [3.05, 3.63) is 68.7 Å². The molecule has 2 heterocycles. The minimum absolute atomic E-state index is 0.0664. The second-order valence-corrected chi connectivity index (χ2v) is 6.98. The van der Waals surface area contributed by atoms with Gasteiger partial charge in [0.05, 0.1) is 10.9 Å². The number of fused-ring (bicyclic) bond motifs is 2. The Labute approximate surface area is 155 Å². The molecule has 0 spiro atoms. The number of carbonyl (C=O) groups is 1. The van der Waals surface area contributed by atoms with Crippen LogP contribution in [0.25, 0.3) is 10.9 Å². The fraction of sp³-hybridized carbons (Fsp3) is 0.250. The zero-order valence-corrected chi connectivity index (χ0v) is 15.5. The molecule has 0 saturated carbocycles. The Balaban J connectivity index is 1.81. The van der Waals surface area contributed by atoms with E-state index in [9.17, 15) is 9.59 Å². The van der Waals surface area contributed by atoms with E-state index in [0.717, 1.165) is 12.1 Å². The lowest BCUT2D eigenvalue weighted by Crippen LogP contribution is -2.35. The summed E-state index contributed by atoms with van der Waals surface area (Å²) in [6.45, 7) is 4.43. The maximum Gasteiger partial charge on any atom is 0.262 e. The SMILES string of the molecule is CCn1c(=S)[nH]c2cc(C(=O)N3c4ccccc4CC3C)ccc2c1=O. The van der Waals surface area contributed by atoms with Gasteiger partial charge in [-0.3, -0.25) is 14.2 Å². The number of hydrogen-bond donors (Lipinski definition) is 1. The van der Waals surface area contributed by atoms with Crippen LogP contribution < -0.4 is 10.5 Å². The van der Waals surface area contributed by atoms with E-state index in [1.165, 1.54) is 10.1 Å². The molecule has 26 heavy (non-hydrogen) atoms. The number of amides is 1. The van der Waals surface area contributed by atoms with Gasteiger partial charge in [0.25, 0.3) is 11.5 Å². The summed E-state index contributed by atoms with van der Waals surface area (Å²) in [4.78, 5) is 30.6. The third-order valence-corrected chi connectivity index (χ3v) is 5.29. The van der Waals surface area contributed by atoms with Gasteiger partial charge in [-0.2, -0.15) is 0 Å². The summed E-state index contributed by atoms with van der Waals surface area (Å²) in [5, 5.41) is 0.534. The lowest BCUT2D eigenvalue weighted by atomic mass is 10.1. The maximum absolute atomic E-state index is 13.2. The lowest BCUT2D eigenvalue weighted by molar-refractivity contribution is 0.0981. The van der Waals surface area contributed by atoms with Crippen molar-refractivity contribution in [2.45, 2.75) is 32.9 Å². The summed E-state index contributed by atoms with van der Waals surface area (Å²) in [6, 6.07) is 13.2. The van der Waals surface area contributed by atoms with Crippen molar-refractivity contribution in [3.8, 4) is 0 Å². The average molecular weight is 365 g/mol. The molecular formula is C20H19N3O2S. The van der Waals surface area contributed by atoms with E-state index in [0.29, 0.717) is 27.8 Å². The van der Waals surface area contributed by atoms with Crippen molar-refractivity contribution < 1.29 is 4.79 Å². The summed E-state index contributed by atoms with van der Waals surface area (Å²) in [5.41, 5.74) is 3.14. The summed E-state index contributed by atoms with van der Waals surface area (Å²) in [5.74, 6) is -0.0664. The molecule has 0 bridgehead atoms. The number of carbonyl (C=O) groups excluding carboxylic acids is 1. The molecule has 6 heteroatoms. The van der Waals surface area contributed by atoms with Crippen molar-refractivity contribution in [1.29, 1.82) is 0 Å². The minimum Gasteiger partial charge on any atom is -0.332 e. The molecule has 1 atom stereocenters. The van der Waals surface area contributed by atoms with Gasteiger partial charge in [0.1, 0.15) is 0 Å². The summed E-state index contributed by atoms with van der Waals surface area (Å²) < 4.78 is 1.88. The van der Waals surface area contributed by atoms with Gasteiger partial charge in [-0.05, 0) is 62.3 Å². The standard InChI is InChI=1S/C20H19N3O2S/c1-3-22-19(25)15-9-8-14(11-16(15)21-20(22)26)18(24)23-12(2)10-13-6-4-5-7-17(13)23/h4-9,11-12H,3,10H2,1-2H3,(H,21,26). The molecule has 1 aliphatic heterocycles. The number of nitrogens with one attached hydrogen (secondary N) is 1. The Bertz CT molecular complexity index is 1150. The topological polar surface area (TPSA) is 58.1 Å². The van der Waals surface area contributed by atoms with Crippen LogP contribution in [0.4, 0.5) is 5.69 Å². The van der Waals surface area contributed by atoms with E-state index in [1.807, 2.05) is 36.9 Å². The molecule has 0 fully saturated rings. The largest absolute Gasteiger partial charge is 0.332 e. The van der Waals surface area contributed by atoms with Crippen LogP contribution >= 0.6 is 12.2 Å². The number of para-hydroxylation sites is 1. The third-order valence-electron chi connectivity index (χ3n) is 4.97. The normalized spacial score (nSPS) is 16.1. The van der Waals surface area contributed by atoms with Gasteiger partial charge in [0.2, 0.25) is 0 Å². The van der Waals surface area contributed by atoms with Gasteiger partial charge < -0.3 is 9.88 Å². The third kappa shape index (κ3) is 2.49. The van der Waals surface area contributed by atoms with Crippen LogP contribution in [0, 0.1) is 4.77 Å². The number of anilines is 1. The highest BCUT2D eigenvalue weighted by Gasteiger charge is 2.31. The van der Waals surface area contributed by atoms with Crippen LogP contribution in [0.1, 0.15) is 29.8 Å². The second kappa shape index (κ2) is 6.21. The number of aromatic amines is 1. The van der Waals surface area contributed by atoms with E-state index in [1.54, 1.807) is 18.2 Å². The number of benzene rings is 2. The molecule has 2 aromatic carbocycles. The molecule has 1 amide bonds. The van der Waals surface area contributed by atoms with Crippen molar-refractivity contribution in [2.75, 3.05) is 4.90 Å². The van der Waals surface area contributed by atoms with E-state index in [2.05, 4.69) is 11.1 Å². The average Bonchev–Trinajstić information content (AvgIpc) is 2.96. The summed E-state index contributed by atoms with van der Waals surface area (Å²) >= 11 is 5.27. The monoisotopic (exact) mass is 365 g/mol. The fourth-order valence-electron chi connectivity index (χ4n) is 3.69. The minimum atomic E-state index is -0.134. The number of H-pyrrole nitrogens is 1. The molecule has 0 saturated heterocycles. The number of rotatable bonds is 2. The van der Waals surface area contributed by atoms with Crippen LogP contribution in [-0.4, -0.2) is 21.5 Å². The maximum atomic E-state index is 13.2.